The monoisotopic (exact) mass is 640 g/mol. The zero-order chi connectivity index (χ0) is 30.8. The molecule has 4 aliphatic rings. The van der Waals surface area contributed by atoms with E-state index < -0.39 is 33.3 Å². The van der Waals surface area contributed by atoms with Crippen LogP contribution in [0.2, 0.25) is 78.6 Å². The first kappa shape index (κ1) is 34.6. The van der Waals surface area contributed by atoms with Gasteiger partial charge in [0.25, 0.3) is 0 Å². The van der Waals surface area contributed by atoms with Crippen molar-refractivity contribution in [1.82, 2.24) is 0 Å². The van der Waals surface area contributed by atoms with Crippen LogP contribution in [-0.4, -0.2) is 58.2 Å². The lowest BCUT2D eigenvalue weighted by molar-refractivity contribution is -0.176. The molecule has 0 bridgehead atoms. The highest BCUT2D eigenvalue weighted by Crippen LogP contribution is 2.68. The van der Waals surface area contributed by atoms with Crippen LogP contribution in [0.15, 0.2) is 0 Å². The van der Waals surface area contributed by atoms with E-state index in [1.165, 1.54) is 51.4 Å². The molecule has 0 heterocycles. The maximum Gasteiger partial charge on any atom is 0.184 e. The van der Waals surface area contributed by atoms with Crippen LogP contribution in [0.25, 0.3) is 0 Å². The van der Waals surface area contributed by atoms with Gasteiger partial charge in [0, 0.05) is 12.2 Å². The molecule has 10 atom stereocenters. The first-order valence-electron chi connectivity index (χ1n) is 17.2. The van der Waals surface area contributed by atoms with Crippen molar-refractivity contribution in [3.05, 3.63) is 0 Å². The summed E-state index contributed by atoms with van der Waals surface area (Å²) in [6, 6.07) is 0. The molecule has 4 nitrogen and oxygen atoms in total. The number of rotatable bonds is 10. The summed E-state index contributed by atoms with van der Waals surface area (Å²) in [7, 11) is -6.60. The minimum absolute atomic E-state index is 0.216. The Morgan fingerprint density at radius 1 is 0.683 bits per heavy atom. The molecule has 8 heteroatoms. The van der Waals surface area contributed by atoms with E-state index in [4.69, 9.17) is 17.7 Å². The third-order valence-electron chi connectivity index (χ3n) is 11.3. The molecule has 0 unspecified atom stereocenters. The number of hydrogen-bond acceptors (Lipinski definition) is 4. The van der Waals surface area contributed by atoms with E-state index in [0.29, 0.717) is 29.5 Å². The SMILES string of the molecule is C[C@]12CC[C@@H](O[Si](C)(C)C)C[C@@H]1CC[C@@H]1[C@@H]2[C@@H](O[Si](C)(C)C)C[C@]2(C)[C@@H]([C@@H](CO[Si](C)(C)C)O[Si](C)(C)C)CC[C@@H]12. The fraction of sp³-hybridized carbons (Fsp3) is 1.00. The topological polar surface area (TPSA) is 36.9 Å². The summed E-state index contributed by atoms with van der Waals surface area (Å²) in [5.41, 5.74) is 0.640. The fourth-order valence-electron chi connectivity index (χ4n) is 10.1. The second-order valence-electron chi connectivity index (χ2n) is 19.1. The van der Waals surface area contributed by atoms with Crippen molar-refractivity contribution in [2.24, 2.45) is 40.4 Å². The molecule has 4 saturated carbocycles. The van der Waals surface area contributed by atoms with E-state index in [-0.39, 0.29) is 11.5 Å². The summed E-state index contributed by atoms with van der Waals surface area (Å²) >= 11 is 0. The molecule has 0 spiro atoms. The van der Waals surface area contributed by atoms with Gasteiger partial charge in [0.1, 0.15) is 0 Å². The predicted molar refractivity (Wildman–Crippen MR) is 185 cm³/mol. The van der Waals surface area contributed by atoms with Gasteiger partial charge in [0.15, 0.2) is 33.3 Å². The Morgan fingerprint density at radius 3 is 1.88 bits per heavy atom. The lowest BCUT2D eigenvalue weighted by Crippen LogP contribution is -2.62. The van der Waals surface area contributed by atoms with Crippen molar-refractivity contribution < 1.29 is 17.7 Å². The quantitative estimate of drug-likeness (QED) is 0.223. The largest absolute Gasteiger partial charge is 0.415 e. The van der Waals surface area contributed by atoms with Crippen LogP contribution < -0.4 is 0 Å². The van der Waals surface area contributed by atoms with Gasteiger partial charge < -0.3 is 17.7 Å². The highest BCUT2D eigenvalue weighted by atomic mass is 28.4. The minimum atomic E-state index is -1.72. The van der Waals surface area contributed by atoms with Gasteiger partial charge in [-0.15, -0.1) is 0 Å². The Hall–Kier alpha value is 0.708. The molecular formula is C33H68O4Si4. The van der Waals surface area contributed by atoms with Crippen LogP contribution in [0.1, 0.15) is 65.2 Å². The molecule has 0 N–H and O–H groups in total. The third kappa shape index (κ3) is 8.11. The van der Waals surface area contributed by atoms with Gasteiger partial charge in [-0.2, -0.15) is 0 Å². The van der Waals surface area contributed by atoms with Crippen LogP contribution in [0.3, 0.4) is 0 Å². The summed E-state index contributed by atoms with van der Waals surface area (Å²) in [5.74, 6) is 3.60. The van der Waals surface area contributed by atoms with Crippen LogP contribution in [-0.2, 0) is 17.7 Å². The Bertz CT molecular complexity index is 903. The van der Waals surface area contributed by atoms with Crippen molar-refractivity contribution in [3.8, 4) is 0 Å². The van der Waals surface area contributed by atoms with Crippen molar-refractivity contribution in [3.63, 3.8) is 0 Å². The summed E-state index contributed by atoms with van der Waals surface area (Å²) in [4.78, 5) is 0. The van der Waals surface area contributed by atoms with Gasteiger partial charge >= 0.3 is 0 Å². The summed E-state index contributed by atoms with van der Waals surface area (Å²) in [6.07, 6.45) is 11.5. The molecule has 4 fully saturated rings. The van der Waals surface area contributed by atoms with Crippen molar-refractivity contribution in [2.45, 2.75) is 162 Å². The Labute approximate surface area is 259 Å². The van der Waals surface area contributed by atoms with E-state index in [0.717, 1.165) is 24.4 Å². The van der Waals surface area contributed by atoms with Gasteiger partial charge in [0.05, 0.1) is 12.7 Å². The molecule has 0 aliphatic heterocycles. The number of hydrogen-bond donors (Lipinski definition) is 0. The fourth-order valence-corrected chi connectivity index (χ4v) is 14.3. The highest BCUT2D eigenvalue weighted by Gasteiger charge is 2.65. The average Bonchev–Trinajstić information content (AvgIpc) is 3.10. The molecule has 4 aliphatic carbocycles. The summed E-state index contributed by atoms with van der Waals surface area (Å²) < 4.78 is 27.7. The van der Waals surface area contributed by atoms with Gasteiger partial charge in [0.2, 0.25) is 0 Å². The smallest absolute Gasteiger partial charge is 0.184 e. The molecule has 0 aromatic rings. The lowest BCUT2D eigenvalue weighted by atomic mass is 9.43. The van der Waals surface area contributed by atoms with E-state index in [1.54, 1.807) is 0 Å². The van der Waals surface area contributed by atoms with Gasteiger partial charge in [-0.3, -0.25) is 0 Å². The maximum atomic E-state index is 7.34. The second kappa shape index (κ2) is 11.8. The van der Waals surface area contributed by atoms with Crippen LogP contribution >= 0.6 is 0 Å². The van der Waals surface area contributed by atoms with E-state index in [9.17, 15) is 0 Å². The van der Waals surface area contributed by atoms with Gasteiger partial charge in [-0.25, -0.2) is 0 Å². The zero-order valence-electron chi connectivity index (χ0n) is 29.6. The van der Waals surface area contributed by atoms with Crippen LogP contribution in [0.5, 0.6) is 0 Å². The number of fused-ring (bicyclic) bond motifs is 5. The van der Waals surface area contributed by atoms with Gasteiger partial charge in [-0.05, 0) is 170 Å². The summed E-state index contributed by atoms with van der Waals surface area (Å²) in [6.45, 7) is 34.5. The standard InChI is InChI=1S/C33H68O4Si4/c1-32-20-19-25(35-39(6,7)8)21-24(32)15-16-26-27-17-18-28(30(37-41(12,13)14)23-34-38(3,4)5)33(27,2)22-29(31(26)32)36-40(9,10)11/h24-31H,15-23H2,1-14H3/t24-,25+,26-,27-,28+,29-,30+,31+,32-,33-/m0/s1. The average molecular weight is 641 g/mol. The molecule has 0 saturated heterocycles. The van der Waals surface area contributed by atoms with E-state index in [2.05, 4.69) is 92.4 Å². The highest BCUT2D eigenvalue weighted by molar-refractivity contribution is 6.70. The van der Waals surface area contributed by atoms with Crippen molar-refractivity contribution >= 4 is 33.3 Å². The summed E-state index contributed by atoms with van der Waals surface area (Å²) in [5, 5.41) is 0. The van der Waals surface area contributed by atoms with Crippen LogP contribution in [0.4, 0.5) is 0 Å². The minimum Gasteiger partial charge on any atom is -0.415 e. The maximum absolute atomic E-state index is 7.34. The normalized spacial score (nSPS) is 41.0. The molecule has 0 amide bonds. The first-order chi connectivity index (χ1) is 18.5. The molecule has 240 valence electrons. The van der Waals surface area contributed by atoms with Gasteiger partial charge in [-0.1, -0.05) is 13.8 Å². The Kier molecular flexibility index (Phi) is 9.96. The third-order valence-corrected chi connectivity index (χ3v) is 15.3. The molecular weight excluding hydrogens is 573 g/mol. The zero-order valence-corrected chi connectivity index (χ0v) is 33.6. The molecule has 0 aromatic heterocycles. The first-order valence-corrected chi connectivity index (χ1v) is 30.8. The molecule has 0 radical (unpaired) electrons. The molecule has 41 heavy (non-hydrogen) atoms. The van der Waals surface area contributed by atoms with Crippen molar-refractivity contribution in [1.29, 1.82) is 0 Å². The van der Waals surface area contributed by atoms with E-state index in [1.807, 2.05) is 0 Å². The Balaban J connectivity index is 1.65. The van der Waals surface area contributed by atoms with E-state index >= 15 is 0 Å². The second-order valence-corrected chi connectivity index (χ2v) is 37.0. The van der Waals surface area contributed by atoms with Crippen LogP contribution in [0, 0.1) is 40.4 Å². The molecule has 0 aromatic carbocycles. The van der Waals surface area contributed by atoms with Crippen molar-refractivity contribution in [2.75, 3.05) is 6.61 Å². The lowest BCUT2D eigenvalue weighted by Gasteiger charge is -2.64. The predicted octanol–water partition coefficient (Wildman–Crippen LogP) is 9.77. The Morgan fingerprint density at radius 2 is 1.32 bits per heavy atom. The molecule has 4 rings (SSSR count).